The van der Waals surface area contributed by atoms with Gasteiger partial charge in [-0.2, -0.15) is 0 Å². The van der Waals surface area contributed by atoms with E-state index in [-0.39, 0.29) is 0 Å². The van der Waals surface area contributed by atoms with Gasteiger partial charge in [-0.3, -0.25) is 0 Å². The second-order valence-corrected chi connectivity index (χ2v) is 4.54. The van der Waals surface area contributed by atoms with E-state index < -0.39 is 0 Å². The van der Waals surface area contributed by atoms with E-state index in [1.54, 1.807) is 0 Å². The fourth-order valence-electron chi connectivity index (χ4n) is 2.42. The number of hydrogen-bond acceptors (Lipinski definition) is 1. The molecule has 0 aliphatic carbocycles. The molecule has 0 amide bonds. The first-order valence-corrected chi connectivity index (χ1v) is 4.82. The summed E-state index contributed by atoms with van der Waals surface area (Å²) >= 11 is 0. The lowest BCUT2D eigenvalue weighted by atomic mass is 9.78. The third kappa shape index (κ3) is 1.07. The minimum atomic E-state index is 0.350. The molecule has 1 fully saturated rings. The molecule has 0 bridgehead atoms. The van der Waals surface area contributed by atoms with Gasteiger partial charge in [0, 0.05) is 24.2 Å². The zero-order chi connectivity index (χ0) is 9.52. The lowest BCUT2D eigenvalue weighted by molar-refractivity contribution is 0.287. The highest BCUT2D eigenvalue weighted by atomic mass is 15.2. The topological polar surface area (TPSA) is 3.24 Å². The van der Waals surface area contributed by atoms with Crippen molar-refractivity contribution in [1.29, 1.82) is 0 Å². The number of hydrogen-bond donors (Lipinski definition) is 0. The van der Waals surface area contributed by atoms with Crippen molar-refractivity contribution in [2.24, 2.45) is 11.3 Å². The molecule has 2 atom stereocenters. The van der Waals surface area contributed by atoms with Crippen LogP contribution in [0, 0.1) is 11.3 Å². The molecule has 0 aromatic carbocycles. The van der Waals surface area contributed by atoms with Gasteiger partial charge in [-0.1, -0.05) is 26.8 Å². The lowest BCUT2D eigenvalue weighted by Crippen LogP contribution is -2.24. The lowest BCUT2D eigenvalue weighted by Gasteiger charge is -2.25. The zero-order valence-corrected chi connectivity index (χ0v) is 9.18. The summed E-state index contributed by atoms with van der Waals surface area (Å²) in [4.78, 5) is 2.41. The maximum Gasteiger partial charge on any atom is 0.0289 e. The van der Waals surface area contributed by atoms with Gasteiger partial charge < -0.3 is 4.90 Å². The predicted molar refractivity (Wildman–Crippen MR) is 53.9 cm³/mol. The molecular formula is C11H21N. The zero-order valence-electron chi connectivity index (χ0n) is 9.18. The van der Waals surface area contributed by atoms with Crippen LogP contribution in [-0.4, -0.2) is 18.0 Å². The summed E-state index contributed by atoms with van der Waals surface area (Å²) < 4.78 is 0. The monoisotopic (exact) mass is 167 g/mol. The molecular weight excluding hydrogens is 146 g/mol. The average molecular weight is 167 g/mol. The molecule has 0 aromatic heterocycles. The summed E-state index contributed by atoms with van der Waals surface area (Å²) in [5.41, 5.74) is 1.84. The molecule has 0 N–H and O–H groups in total. The van der Waals surface area contributed by atoms with Crippen LogP contribution in [0.25, 0.3) is 0 Å². The molecule has 0 aromatic rings. The van der Waals surface area contributed by atoms with E-state index in [2.05, 4.69) is 52.6 Å². The SMILES string of the molecule is CC=C1N(C)C(C)C(C)C1(C)C. The maximum absolute atomic E-state index is 2.41. The Kier molecular flexibility index (Phi) is 2.24. The Morgan fingerprint density at radius 2 is 1.83 bits per heavy atom. The van der Waals surface area contributed by atoms with Crippen LogP contribution in [0.4, 0.5) is 0 Å². The molecule has 2 unspecified atom stereocenters. The van der Waals surface area contributed by atoms with Crippen LogP contribution >= 0.6 is 0 Å². The average Bonchev–Trinajstić information content (AvgIpc) is 2.13. The maximum atomic E-state index is 2.41. The Labute approximate surface area is 76.5 Å². The smallest absolute Gasteiger partial charge is 0.0289 e. The molecule has 0 radical (unpaired) electrons. The molecule has 70 valence electrons. The number of nitrogens with zero attached hydrogens (tertiary/aromatic N) is 1. The first kappa shape index (κ1) is 9.63. The van der Waals surface area contributed by atoms with Gasteiger partial charge in [-0.15, -0.1) is 0 Å². The fraction of sp³-hybridized carbons (Fsp3) is 0.818. The summed E-state index contributed by atoms with van der Waals surface area (Å²) in [5.74, 6) is 0.744. The van der Waals surface area contributed by atoms with Gasteiger partial charge in [-0.05, 0) is 19.8 Å². The van der Waals surface area contributed by atoms with Gasteiger partial charge in [0.25, 0.3) is 0 Å². The minimum Gasteiger partial charge on any atom is -0.375 e. The Hall–Kier alpha value is -0.460. The van der Waals surface area contributed by atoms with Gasteiger partial charge in [0.05, 0.1) is 0 Å². The van der Waals surface area contributed by atoms with Crippen molar-refractivity contribution in [2.75, 3.05) is 7.05 Å². The van der Waals surface area contributed by atoms with E-state index in [0.717, 1.165) is 5.92 Å². The third-order valence-corrected chi connectivity index (χ3v) is 3.79. The molecule has 1 nitrogen and oxygen atoms in total. The summed E-state index contributed by atoms with van der Waals surface area (Å²) in [5, 5.41) is 0. The first-order valence-electron chi connectivity index (χ1n) is 4.82. The van der Waals surface area contributed by atoms with Crippen LogP contribution in [0.1, 0.15) is 34.6 Å². The van der Waals surface area contributed by atoms with Crippen LogP contribution in [0.2, 0.25) is 0 Å². The number of likely N-dealkylation sites (tertiary alicyclic amines) is 1. The predicted octanol–water partition coefficient (Wildman–Crippen LogP) is 2.89. The van der Waals surface area contributed by atoms with Crippen LogP contribution in [0.15, 0.2) is 11.8 Å². The molecule has 1 saturated heterocycles. The second kappa shape index (κ2) is 2.79. The van der Waals surface area contributed by atoms with E-state index in [9.17, 15) is 0 Å². The van der Waals surface area contributed by atoms with E-state index >= 15 is 0 Å². The molecule has 0 saturated carbocycles. The highest BCUT2D eigenvalue weighted by Gasteiger charge is 2.43. The Morgan fingerprint density at radius 1 is 1.33 bits per heavy atom. The molecule has 1 aliphatic rings. The molecule has 1 heteroatoms. The van der Waals surface area contributed by atoms with Crippen molar-refractivity contribution in [3.05, 3.63) is 11.8 Å². The van der Waals surface area contributed by atoms with Gasteiger partial charge >= 0.3 is 0 Å². The molecule has 12 heavy (non-hydrogen) atoms. The van der Waals surface area contributed by atoms with E-state index in [4.69, 9.17) is 0 Å². The van der Waals surface area contributed by atoms with Gasteiger partial charge in [0.15, 0.2) is 0 Å². The standard InChI is InChI=1S/C11H21N/c1-7-10-11(4,5)8(2)9(3)12(10)6/h7-9H,1-6H3. The van der Waals surface area contributed by atoms with Crippen molar-refractivity contribution in [3.63, 3.8) is 0 Å². The van der Waals surface area contributed by atoms with Crippen LogP contribution in [-0.2, 0) is 0 Å². The highest BCUT2D eigenvalue weighted by molar-refractivity contribution is 5.19. The van der Waals surface area contributed by atoms with Crippen LogP contribution in [0.3, 0.4) is 0 Å². The number of rotatable bonds is 0. The summed E-state index contributed by atoms with van der Waals surface area (Å²) in [6.45, 7) is 11.5. The van der Waals surface area contributed by atoms with Crippen molar-refractivity contribution < 1.29 is 0 Å². The molecule has 0 spiro atoms. The first-order chi connectivity index (χ1) is 5.42. The third-order valence-electron chi connectivity index (χ3n) is 3.79. The van der Waals surface area contributed by atoms with Crippen LogP contribution in [0.5, 0.6) is 0 Å². The minimum absolute atomic E-state index is 0.350. The molecule has 1 aliphatic heterocycles. The summed E-state index contributed by atoms with van der Waals surface area (Å²) in [6.07, 6.45) is 2.25. The van der Waals surface area contributed by atoms with E-state index in [0.29, 0.717) is 11.5 Å². The van der Waals surface area contributed by atoms with Crippen molar-refractivity contribution in [1.82, 2.24) is 4.90 Å². The summed E-state index contributed by atoms with van der Waals surface area (Å²) in [6, 6.07) is 0.672. The van der Waals surface area contributed by atoms with Crippen molar-refractivity contribution in [3.8, 4) is 0 Å². The highest BCUT2D eigenvalue weighted by Crippen LogP contribution is 2.46. The fourth-order valence-corrected chi connectivity index (χ4v) is 2.42. The normalized spacial score (nSPS) is 37.8. The largest absolute Gasteiger partial charge is 0.375 e. The number of allylic oxidation sites excluding steroid dienone is 2. The van der Waals surface area contributed by atoms with Gasteiger partial charge in [-0.25, -0.2) is 0 Å². The van der Waals surface area contributed by atoms with Crippen molar-refractivity contribution in [2.45, 2.75) is 40.7 Å². The Morgan fingerprint density at radius 3 is 2.00 bits per heavy atom. The molecule has 1 rings (SSSR count). The van der Waals surface area contributed by atoms with E-state index in [1.807, 2.05) is 0 Å². The van der Waals surface area contributed by atoms with Gasteiger partial charge in [0.1, 0.15) is 0 Å². The van der Waals surface area contributed by atoms with Gasteiger partial charge in [0.2, 0.25) is 0 Å². The Bertz CT molecular complexity index is 203. The Balaban J connectivity index is 3.05. The van der Waals surface area contributed by atoms with Crippen LogP contribution < -0.4 is 0 Å². The quantitative estimate of drug-likeness (QED) is 0.536. The second-order valence-electron chi connectivity index (χ2n) is 4.54. The molecule has 1 heterocycles. The van der Waals surface area contributed by atoms with Crippen molar-refractivity contribution >= 4 is 0 Å². The summed E-state index contributed by atoms with van der Waals surface area (Å²) in [7, 11) is 2.20. The van der Waals surface area contributed by atoms with E-state index in [1.165, 1.54) is 5.70 Å².